The number of carbonyl (C=O) groups excluding carboxylic acids is 1. The summed E-state index contributed by atoms with van der Waals surface area (Å²) in [5.41, 5.74) is 10.6. The Morgan fingerprint density at radius 2 is 1.92 bits per heavy atom. The summed E-state index contributed by atoms with van der Waals surface area (Å²) in [7, 11) is 3.00. The molecule has 0 heterocycles. The molecule has 0 fully saturated rings. The van der Waals surface area contributed by atoms with Gasteiger partial charge in [0.2, 0.25) is 5.91 Å². The van der Waals surface area contributed by atoms with Gasteiger partial charge in [0.15, 0.2) is 6.29 Å². The predicted molar refractivity (Wildman–Crippen MR) is 44.2 cm³/mol. The molecule has 72 valence electrons. The van der Waals surface area contributed by atoms with E-state index in [1.54, 1.807) is 0 Å². The van der Waals surface area contributed by atoms with E-state index in [1.807, 2.05) is 0 Å². The number of hydrogen-bond donors (Lipinski definition) is 2. The van der Waals surface area contributed by atoms with Crippen LogP contribution in [0.1, 0.15) is 12.8 Å². The first kappa shape index (κ1) is 11.4. The minimum Gasteiger partial charge on any atom is -0.370 e. The Hall–Kier alpha value is -0.650. The number of rotatable bonds is 6. The fourth-order valence-electron chi connectivity index (χ4n) is 0.891. The molecule has 0 bridgehead atoms. The van der Waals surface area contributed by atoms with Gasteiger partial charge >= 0.3 is 0 Å². The maximum atomic E-state index is 10.4. The lowest BCUT2D eigenvalue weighted by atomic mass is 10.1. The second-order valence-corrected chi connectivity index (χ2v) is 2.51. The first-order valence-corrected chi connectivity index (χ1v) is 3.71. The third-order valence-electron chi connectivity index (χ3n) is 1.54. The lowest BCUT2D eigenvalue weighted by Gasteiger charge is -2.19. The van der Waals surface area contributed by atoms with E-state index in [0.29, 0.717) is 6.42 Å². The molecule has 0 saturated heterocycles. The van der Waals surface area contributed by atoms with Crippen molar-refractivity contribution in [1.29, 1.82) is 0 Å². The second-order valence-electron chi connectivity index (χ2n) is 2.51. The molecule has 12 heavy (non-hydrogen) atoms. The standard InChI is InChI=1S/C7H16N2O3/c1-11-7(12-2)5(8)3-4-6(9)10/h5,7H,3-4,8H2,1-2H3,(H2,9,10)/t5-/m0/s1. The van der Waals surface area contributed by atoms with Crippen LogP contribution < -0.4 is 11.5 Å². The van der Waals surface area contributed by atoms with Gasteiger partial charge in [0.1, 0.15) is 0 Å². The van der Waals surface area contributed by atoms with Crippen molar-refractivity contribution in [3.05, 3.63) is 0 Å². The fraction of sp³-hybridized carbons (Fsp3) is 0.857. The van der Waals surface area contributed by atoms with Gasteiger partial charge in [-0.25, -0.2) is 0 Å². The molecule has 0 aromatic carbocycles. The summed E-state index contributed by atoms with van der Waals surface area (Å²) in [4.78, 5) is 10.4. The summed E-state index contributed by atoms with van der Waals surface area (Å²) in [6.45, 7) is 0. The number of methoxy groups -OCH3 is 2. The molecule has 4 N–H and O–H groups in total. The highest BCUT2D eigenvalue weighted by Crippen LogP contribution is 2.03. The van der Waals surface area contributed by atoms with Crippen LogP contribution in [0.4, 0.5) is 0 Å². The van der Waals surface area contributed by atoms with Crippen molar-refractivity contribution in [1.82, 2.24) is 0 Å². The molecular formula is C7H16N2O3. The van der Waals surface area contributed by atoms with E-state index in [-0.39, 0.29) is 18.4 Å². The smallest absolute Gasteiger partial charge is 0.217 e. The zero-order chi connectivity index (χ0) is 9.56. The van der Waals surface area contributed by atoms with Crippen LogP contribution >= 0.6 is 0 Å². The Morgan fingerprint density at radius 3 is 2.25 bits per heavy atom. The van der Waals surface area contributed by atoms with Gasteiger partial charge in [-0.1, -0.05) is 0 Å². The molecule has 0 saturated carbocycles. The van der Waals surface area contributed by atoms with Gasteiger partial charge in [-0.2, -0.15) is 0 Å². The molecule has 0 aliphatic carbocycles. The van der Waals surface area contributed by atoms with Gasteiger partial charge in [0, 0.05) is 20.6 Å². The van der Waals surface area contributed by atoms with Gasteiger partial charge in [0.25, 0.3) is 0 Å². The topological polar surface area (TPSA) is 87.6 Å². The summed E-state index contributed by atoms with van der Waals surface area (Å²) < 4.78 is 9.79. The van der Waals surface area contributed by atoms with Crippen molar-refractivity contribution in [3.63, 3.8) is 0 Å². The van der Waals surface area contributed by atoms with Crippen LogP contribution in [0.2, 0.25) is 0 Å². The third kappa shape index (κ3) is 4.27. The molecule has 0 aliphatic rings. The average molecular weight is 176 g/mol. The maximum Gasteiger partial charge on any atom is 0.217 e. The van der Waals surface area contributed by atoms with E-state index in [9.17, 15) is 4.79 Å². The molecule has 0 unspecified atom stereocenters. The monoisotopic (exact) mass is 176 g/mol. The van der Waals surface area contributed by atoms with Gasteiger partial charge in [-0.3, -0.25) is 4.79 Å². The SMILES string of the molecule is COC(OC)[C@@H](N)CCC(N)=O. The molecule has 0 aliphatic heterocycles. The van der Waals surface area contributed by atoms with E-state index in [0.717, 1.165) is 0 Å². The average Bonchev–Trinajstić information content (AvgIpc) is 2.03. The van der Waals surface area contributed by atoms with Crippen LogP contribution in [-0.2, 0) is 14.3 Å². The highest BCUT2D eigenvalue weighted by Gasteiger charge is 2.16. The zero-order valence-corrected chi connectivity index (χ0v) is 7.45. The van der Waals surface area contributed by atoms with Crippen molar-refractivity contribution in [2.75, 3.05) is 14.2 Å². The number of hydrogen-bond acceptors (Lipinski definition) is 4. The molecule has 5 nitrogen and oxygen atoms in total. The molecular weight excluding hydrogens is 160 g/mol. The van der Waals surface area contributed by atoms with Crippen LogP contribution in [-0.4, -0.2) is 32.5 Å². The van der Waals surface area contributed by atoms with Crippen molar-refractivity contribution in [2.45, 2.75) is 25.2 Å². The first-order valence-electron chi connectivity index (χ1n) is 3.71. The van der Waals surface area contributed by atoms with Crippen LogP contribution in [0.3, 0.4) is 0 Å². The van der Waals surface area contributed by atoms with Crippen LogP contribution in [0.25, 0.3) is 0 Å². The normalized spacial score (nSPS) is 13.3. The predicted octanol–water partition coefficient (Wildman–Crippen LogP) is -0.802. The lowest BCUT2D eigenvalue weighted by Crippen LogP contribution is -2.38. The lowest BCUT2D eigenvalue weighted by molar-refractivity contribution is -0.123. The van der Waals surface area contributed by atoms with E-state index >= 15 is 0 Å². The number of primary amides is 1. The molecule has 0 aromatic rings. The number of amides is 1. The Morgan fingerprint density at radius 1 is 1.42 bits per heavy atom. The van der Waals surface area contributed by atoms with Crippen LogP contribution in [0.5, 0.6) is 0 Å². The van der Waals surface area contributed by atoms with Gasteiger partial charge in [0.05, 0.1) is 6.04 Å². The summed E-state index contributed by atoms with van der Waals surface area (Å²) >= 11 is 0. The van der Waals surface area contributed by atoms with Gasteiger partial charge in [-0.05, 0) is 6.42 Å². The zero-order valence-electron chi connectivity index (χ0n) is 7.45. The van der Waals surface area contributed by atoms with Crippen LogP contribution in [0.15, 0.2) is 0 Å². The van der Waals surface area contributed by atoms with Crippen molar-refractivity contribution >= 4 is 5.91 Å². The quantitative estimate of drug-likeness (QED) is 0.518. The molecule has 0 radical (unpaired) electrons. The molecule has 0 spiro atoms. The Bertz CT molecular complexity index is 137. The third-order valence-corrected chi connectivity index (χ3v) is 1.54. The van der Waals surface area contributed by atoms with E-state index in [2.05, 4.69) is 0 Å². The Balaban J connectivity index is 3.68. The Kier molecular flexibility index (Phi) is 5.61. The van der Waals surface area contributed by atoms with Crippen molar-refractivity contribution < 1.29 is 14.3 Å². The molecule has 0 rings (SSSR count). The Labute approximate surface area is 72.0 Å². The minimum atomic E-state index is -0.468. The molecule has 5 heteroatoms. The van der Waals surface area contributed by atoms with Crippen molar-refractivity contribution in [3.8, 4) is 0 Å². The number of nitrogens with two attached hydrogens (primary N) is 2. The minimum absolute atomic E-state index is 0.254. The van der Waals surface area contributed by atoms with E-state index in [1.165, 1.54) is 14.2 Å². The van der Waals surface area contributed by atoms with Crippen LogP contribution in [0, 0.1) is 0 Å². The number of ether oxygens (including phenoxy) is 2. The summed E-state index contributed by atoms with van der Waals surface area (Å²) in [5.74, 6) is -0.364. The highest BCUT2D eigenvalue weighted by molar-refractivity contribution is 5.73. The van der Waals surface area contributed by atoms with Gasteiger partial charge < -0.3 is 20.9 Å². The van der Waals surface area contributed by atoms with Gasteiger partial charge in [-0.15, -0.1) is 0 Å². The molecule has 0 aromatic heterocycles. The number of carbonyl (C=O) groups is 1. The fourth-order valence-corrected chi connectivity index (χ4v) is 0.891. The first-order chi connectivity index (χ1) is 5.61. The highest BCUT2D eigenvalue weighted by atomic mass is 16.7. The van der Waals surface area contributed by atoms with E-state index < -0.39 is 6.29 Å². The largest absolute Gasteiger partial charge is 0.370 e. The summed E-state index contributed by atoms with van der Waals surface area (Å²) in [6.07, 6.45) is 0.260. The summed E-state index contributed by atoms with van der Waals surface area (Å²) in [6, 6.07) is -0.313. The maximum absolute atomic E-state index is 10.4. The van der Waals surface area contributed by atoms with Crippen molar-refractivity contribution in [2.24, 2.45) is 11.5 Å². The molecule has 1 amide bonds. The summed E-state index contributed by atoms with van der Waals surface area (Å²) in [5, 5.41) is 0. The molecule has 1 atom stereocenters. The van der Waals surface area contributed by atoms with E-state index in [4.69, 9.17) is 20.9 Å². The second kappa shape index (κ2) is 5.93.